The van der Waals surface area contributed by atoms with Crippen LogP contribution in [0, 0.1) is 0 Å². The number of ketones is 1. The highest BCUT2D eigenvalue weighted by Gasteiger charge is 2.23. The maximum atomic E-state index is 13.1. The van der Waals surface area contributed by atoms with Crippen molar-refractivity contribution in [1.82, 2.24) is 4.98 Å². The van der Waals surface area contributed by atoms with Crippen molar-refractivity contribution in [2.45, 2.75) is 18.8 Å². The topological polar surface area (TPSA) is 56.3 Å². The molecule has 0 aliphatic heterocycles. The zero-order valence-electron chi connectivity index (χ0n) is 15.2. The predicted octanol–water partition coefficient (Wildman–Crippen LogP) is 4.67. The number of esters is 1. The van der Waals surface area contributed by atoms with Crippen LogP contribution in [-0.2, 0) is 9.53 Å². The third-order valence-electron chi connectivity index (χ3n) is 4.57. The zero-order valence-corrected chi connectivity index (χ0v) is 15.2. The van der Waals surface area contributed by atoms with Gasteiger partial charge < -0.3 is 4.74 Å². The van der Waals surface area contributed by atoms with Gasteiger partial charge in [0.15, 0.2) is 5.78 Å². The molecular formula is C23H21NO3. The zero-order chi connectivity index (χ0) is 19.1. The minimum Gasteiger partial charge on any atom is -0.469 e. The third-order valence-corrected chi connectivity index (χ3v) is 4.57. The van der Waals surface area contributed by atoms with Gasteiger partial charge in [-0.25, -0.2) is 0 Å². The number of ether oxygens (including phenoxy) is 1. The molecule has 1 aromatic heterocycles. The third kappa shape index (κ3) is 4.67. The van der Waals surface area contributed by atoms with Crippen LogP contribution in [0.1, 0.15) is 34.7 Å². The van der Waals surface area contributed by atoms with Crippen LogP contribution in [0.15, 0.2) is 79.1 Å². The van der Waals surface area contributed by atoms with Gasteiger partial charge in [-0.1, -0.05) is 54.6 Å². The SMILES string of the molecule is COC(=O)CCC(C(=O)c1ccc(-c2ccncc2)cc1)c1ccccc1. The lowest BCUT2D eigenvalue weighted by Gasteiger charge is -2.16. The van der Waals surface area contributed by atoms with E-state index in [2.05, 4.69) is 4.98 Å². The van der Waals surface area contributed by atoms with Gasteiger partial charge in [-0.05, 0) is 35.2 Å². The maximum Gasteiger partial charge on any atom is 0.305 e. The van der Waals surface area contributed by atoms with Gasteiger partial charge in [0.05, 0.1) is 7.11 Å². The van der Waals surface area contributed by atoms with E-state index >= 15 is 0 Å². The first-order valence-electron chi connectivity index (χ1n) is 8.85. The van der Waals surface area contributed by atoms with Crippen molar-refractivity contribution in [3.05, 3.63) is 90.3 Å². The summed E-state index contributed by atoms with van der Waals surface area (Å²) in [4.78, 5) is 28.7. The minimum atomic E-state index is -0.378. The first-order valence-corrected chi connectivity index (χ1v) is 8.85. The average molecular weight is 359 g/mol. The van der Waals surface area contributed by atoms with Crippen molar-refractivity contribution in [1.29, 1.82) is 0 Å². The predicted molar refractivity (Wildman–Crippen MR) is 104 cm³/mol. The molecule has 0 fully saturated rings. The summed E-state index contributed by atoms with van der Waals surface area (Å²) in [6.45, 7) is 0. The fourth-order valence-electron chi connectivity index (χ4n) is 3.07. The van der Waals surface area contributed by atoms with Crippen LogP contribution in [0.5, 0.6) is 0 Å². The smallest absolute Gasteiger partial charge is 0.305 e. The normalized spacial score (nSPS) is 11.6. The molecule has 3 aromatic rings. The molecule has 1 heterocycles. The van der Waals surface area contributed by atoms with Crippen LogP contribution in [0.4, 0.5) is 0 Å². The van der Waals surface area contributed by atoms with Crippen LogP contribution in [0.25, 0.3) is 11.1 Å². The Bertz CT molecular complexity index is 890. The van der Waals surface area contributed by atoms with E-state index in [1.165, 1.54) is 7.11 Å². The van der Waals surface area contributed by atoms with Crippen molar-refractivity contribution in [2.24, 2.45) is 0 Å². The second-order valence-corrected chi connectivity index (χ2v) is 6.26. The Labute approximate surface area is 158 Å². The van der Waals surface area contributed by atoms with Gasteiger partial charge in [0.2, 0.25) is 0 Å². The maximum absolute atomic E-state index is 13.1. The van der Waals surface area contributed by atoms with Gasteiger partial charge >= 0.3 is 5.97 Å². The summed E-state index contributed by atoms with van der Waals surface area (Å²) in [5.41, 5.74) is 3.62. The summed E-state index contributed by atoms with van der Waals surface area (Å²) >= 11 is 0. The minimum absolute atomic E-state index is 0.00591. The van der Waals surface area contributed by atoms with E-state index in [4.69, 9.17) is 4.74 Å². The molecule has 4 heteroatoms. The number of pyridine rings is 1. The number of Topliss-reactive ketones (excluding diaryl/α,β-unsaturated/α-hetero) is 1. The summed E-state index contributed by atoms with van der Waals surface area (Å²) in [7, 11) is 1.36. The number of hydrogen-bond donors (Lipinski definition) is 0. The van der Waals surface area contributed by atoms with Crippen molar-refractivity contribution in [2.75, 3.05) is 7.11 Å². The molecule has 0 N–H and O–H groups in total. The molecule has 0 saturated carbocycles. The van der Waals surface area contributed by atoms with Crippen molar-refractivity contribution in [3.8, 4) is 11.1 Å². The molecule has 4 nitrogen and oxygen atoms in total. The van der Waals surface area contributed by atoms with Crippen molar-refractivity contribution < 1.29 is 14.3 Å². The molecule has 0 spiro atoms. The molecule has 0 aliphatic rings. The molecule has 136 valence electrons. The van der Waals surface area contributed by atoms with E-state index in [0.29, 0.717) is 12.0 Å². The molecule has 1 atom stereocenters. The number of methoxy groups -OCH3 is 1. The molecule has 0 amide bonds. The van der Waals surface area contributed by atoms with Gasteiger partial charge in [-0.3, -0.25) is 14.6 Å². The summed E-state index contributed by atoms with van der Waals surface area (Å²) in [6.07, 6.45) is 4.11. The standard InChI is InChI=1S/C23H21NO3/c1-27-22(25)12-11-21(19-5-3-2-4-6-19)23(26)20-9-7-17(8-10-20)18-13-15-24-16-14-18/h2-10,13-16,21H,11-12H2,1H3. The summed E-state index contributed by atoms with van der Waals surface area (Å²) in [5, 5.41) is 0. The fraction of sp³-hybridized carbons (Fsp3) is 0.174. The molecule has 0 saturated heterocycles. The Morgan fingerprint density at radius 3 is 2.15 bits per heavy atom. The fourth-order valence-corrected chi connectivity index (χ4v) is 3.07. The Hall–Kier alpha value is -3.27. The Kier molecular flexibility index (Phi) is 6.10. The Balaban J connectivity index is 1.84. The lowest BCUT2D eigenvalue weighted by atomic mass is 9.86. The molecule has 0 bridgehead atoms. The van der Waals surface area contributed by atoms with Crippen LogP contribution >= 0.6 is 0 Å². The van der Waals surface area contributed by atoms with Gasteiger partial charge in [-0.15, -0.1) is 0 Å². The molecule has 0 aliphatic carbocycles. The largest absolute Gasteiger partial charge is 0.469 e. The Morgan fingerprint density at radius 1 is 0.889 bits per heavy atom. The van der Waals surface area contributed by atoms with Crippen LogP contribution in [0.2, 0.25) is 0 Å². The Morgan fingerprint density at radius 2 is 1.52 bits per heavy atom. The van der Waals surface area contributed by atoms with Crippen LogP contribution in [-0.4, -0.2) is 23.8 Å². The molecule has 3 rings (SSSR count). The van der Waals surface area contributed by atoms with E-state index in [1.54, 1.807) is 12.4 Å². The number of nitrogens with zero attached hydrogens (tertiary/aromatic N) is 1. The van der Waals surface area contributed by atoms with Gasteiger partial charge in [0.1, 0.15) is 0 Å². The first-order chi connectivity index (χ1) is 13.2. The summed E-state index contributed by atoms with van der Waals surface area (Å²) in [5.74, 6) is -0.680. The van der Waals surface area contributed by atoms with Crippen molar-refractivity contribution in [3.63, 3.8) is 0 Å². The van der Waals surface area contributed by atoms with Gasteiger partial charge in [0.25, 0.3) is 0 Å². The van der Waals surface area contributed by atoms with E-state index in [-0.39, 0.29) is 24.1 Å². The number of carbonyl (C=O) groups excluding carboxylic acids is 2. The van der Waals surface area contributed by atoms with Crippen molar-refractivity contribution >= 4 is 11.8 Å². The first kappa shape index (κ1) is 18.5. The quantitative estimate of drug-likeness (QED) is 0.454. The summed E-state index contributed by atoms with van der Waals surface area (Å²) < 4.78 is 4.73. The molecule has 0 radical (unpaired) electrons. The summed E-state index contributed by atoms with van der Waals surface area (Å²) in [6, 6.07) is 21.0. The highest BCUT2D eigenvalue weighted by Crippen LogP contribution is 2.27. The van der Waals surface area contributed by atoms with E-state index < -0.39 is 0 Å². The monoisotopic (exact) mass is 359 g/mol. The second-order valence-electron chi connectivity index (χ2n) is 6.26. The van der Waals surface area contributed by atoms with E-state index in [9.17, 15) is 9.59 Å². The lowest BCUT2D eigenvalue weighted by Crippen LogP contribution is -2.15. The average Bonchev–Trinajstić information content (AvgIpc) is 2.75. The van der Waals surface area contributed by atoms with E-state index in [0.717, 1.165) is 16.7 Å². The van der Waals surface area contributed by atoms with Gasteiger partial charge in [0, 0.05) is 30.3 Å². The molecular weight excluding hydrogens is 338 g/mol. The van der Waals surface area contributed by atoms with Gasteiger partial charge in [-0.2, -0.15) is 0 Å². The lowest BCUT2D eigenvalue weighted by molar-refractivity contribution is -0.140. The molecule has 27 heavy (non-hydrogen) atoms. The molecule has 1 unspecified atom stereocenters. The number of benzene rings is 2. The number of rotatable bonds is 7. The highest BCUT2D eigenvalue weighted by molar-refractivity contribution is 6.01. The molecule has 2 aromatic carbocycles. The highest BCUT2D eigenvalue weighted by atomic mass is 16.5. The van der Waals surface area contributed by atoms with Crippen LogP contribution in [0.3, 0.4) is 0 Å². The van der Waals surface area contributed by atoms with E-state index in [1.807, 2.05) is 66.7 Å². The van der Waals surface area contributed by atoms with Crippen LogP contribution < -0.4 is 0 Å². The number of hydrogen-bond acceptors (Lipinski definition) is 4. The second kappa shape index (κ2) is 8.90. The number of carbonyl (C=O) groups is 2. The number of aromatic nitrogens is 1.